The van der Waals surface area contributed by atoms with E-state index in [2.05, 4.69) is 50.8 Å². The van der Waals surface area contributed by atoms with Crippen molar-refractivity contribution in [2.75, 3.05) is 11.4 Å². The van der Waals surface area contributed by atoms with E-state index in [-0.39, 0.29) is 17.7 Å². The maximum absolute atomic E-state index is 12.0. The average Bonchev–Trinajstić information content (AvgIpc) is 2.66. The van der Waals surface area contributed by atoms with Crippen LogP contribution >= 0.6 is 0 Å². The highest BCUT2D eigenvalue weighted by Gasteiger charge is 2.28. The number of benzene rings is 1. The van der Waals surface area contributed by atoms with Crippen molar-refractivity contribution in [2.45, 2.75) is 34.1 Å². The van der Waals surface area contributed by atoms with Gasteiger partial charge in [0.05, 0.1) is 11.6 Å². The summed E-state index contributed by atoms with van der Waals surface area (Å²) in [7, 11) is 0. The molecule has 0 aromatic heterocycles. The van der Waals surface area contributed by atoms with E-state index < -0.39 is 0 Å². The number of nitriles is 1. The normalized spacial score (nSPS) is 19.6. The molecule has 0 aliphatic heterocycles. The van der Waals surface area contributed by atoms with E-state index in [1.54, 1.807) is 11.8 Å². The van der Waals surface area contributed by atoms with Crippen LogP contribution in [0.1, 0.15) is 39.7 Å². The zero-order valence-electron chi connectivity index (χ0n) is 16.7. The fourth-order valence-electron chi connectivity index (χ4n) is 3.78. The smallest absolute Gasteiger partial charge is 0.223 e. The van der Waals surface area contributed by atoms with Crippen molar-refractivity contribution in [1.29, 1.82) is 5.26 Å². The molecule has 1 aromatic carbocycles. The Labute approximate surface area is 163 Å². The Morgan fingerprint density at radius 3 is 2.67 bits per heavy atom. The molecule has 3 nitrogen and oxygen atoms in total. The van der Waals surface area contributed by atoms with Crippen LogP contribution in [0.5, 0.6) is 0 Å². The van der Waals surface area contributed by atoms with Crippen LogP contribution in [0.2, 0.25) is 0 Å². The standard InChI is InChI=1S/C24H28N2O/c1-6-10-23(24-17(4)13-14-20(16-25)22(24)7-2)19-11-9-12-21(15-19)26(8-3)18(5)27/h7,9-15,17,24H,2,6,8H2,1,3-5H3/b23-10-. The minimum atomic E-state index is 0.0306. The lowest BCUT2D eigenvalue weighted by Crippen LogP contribution is -2.28. The van der Waals surface area contributed by atoms with Gasteiger partial charge in [-0.15, -0.1) is 0 Å². The van der Waals surface area contributed by atoms with Gasteiger partial charge < -0.3 is 4.90 Å². The molecular formula is C24H28N2O. The Morgan fingerprint density at radius 2 is 2.11 bits per heavy atom. The third kappa shape index (κ3) is 4.28. The maximum atomic E-state index is 12.0. The first-order valence-corrected chi connectivity index (χ1v) is 9.51. The van der Waals surface area contributed by atoms with Crippen LogP contribution in [0.4, 0.5) is 5.69 Å². The lowest BCUT2D eigenvalue weighted by atomic mass is 9.73. The molecule has 2 unspecified atom stereocenters. The molecule has 0 radical (unpaired) electrons. The van der Waals surface area contributed by atoms with E-state index in [9.17, 15) is 10.1 Å². The lowest BCUT2D eigenvalue weighted by molar-refractivity contribution is -0.116. The van der Waals surface area contributed by atoms with Gasteiger partial charge in [-0.25, -0.2) is 0 Å². The van der Waals surface area contributed by atoms with Crippen LogP contribution < -0.4 is 4.90 Å². The fourth-order valence-corrected chi connectivity index (χ4v) is 3.78. The second kappa shape index (κ2) is 9.19. The first-order valence-electron chi connectivity index (χ1n) is 9.51. The molecule has 1 aliphatic rings. The molecule has 0 saturated carbocycles. The van der Waals surface area contributed by atoms with Crippen molar-refractivity contribution in [1.82, 2.24) is 0 Å². The van der Waals surface area contributed by atoms with Gasteiger partial charge in [0.25, 0.3) is 0 Å². The third-order valence-electron chi connectivity index (χ3n) is 5.03. The molecule has 1 amide bonds. The average molecular weight is 361 g/mol. The number of allylic oxidation sites excluding steroid dienone is 7. The summed E-state index contributed by atoms with van der Waals surface area (Å²) in [6, 6.07) is 10.4. The lowest BCUT2D eigenvalue weighted by Gasteiger charge is -2.30. The van der Waals surface area contributed by atoms with Crippen molar-refractivity contribution < 1.29 is 4.79 Å². The topological polar surface area (TPSA) is 44.1 Å². The molecule has 140 valence electrons. The van der Waals surface area contributed by atoms with Gasteiger partial charge in [0.1, 0.15) is 0 Å². The molecule has 0 saturated heterocycles. The molecular weight excluding hydrogens is 332 g/mol. The van der Waals surface area contributed by atoms with Crippen LogP contribution in [0, 0.1) is 23.2 Å². The molecule has 0 spiro atoms. The molecule has 0 fully saturated rings. The summed E-state index contributed by atoms with van der Waals surface area (Å²) in [6.07, 6.45) is 8.92. The number of hydrogen-bond acceptors (Lipinski definition) is 2. The molecule has 0 N–H and O–H groups in total. The predicted molar refractivity (Wildman–Crippen MR) is 113 cm³/mol. The Bertz CT molecular complexity index is 851. The Kier molecular flexibility index (Phi) is 6.96. The summed E-state index contributed by atoms with van der Waals surface area (Å²) in [5.74, 6) is 0.361. The molecule has 0 bridgehead atoms. The van der Waals surface area contributed by atoms with Crippen molar-refractivity contribution >= 4 is 17.2 Å². The zero-order valence-corrected chi connectivity index (χ0v) is 16.7. The SMILES string of the molecule is C=CC1=C(C#N)C=CC(C)C1/C(=C\CC)c1cccc(N(CC)C(C)=O)c1. The third-order valence-corrected chi connectivity index (χ3v) is 5.03. The van der Waals surface area contributed by atoms with E-state index in [0.717, 1.165) is 23.2 Å². The van der Waals surface area contributed by atoms with Crippen LogP contribution in [-0.2, 0) is 4.79 Å². The van der Waals surface area contributed by atoms with Gasteiger partial charge in [-0.3, -0.25) is 4.79 Å². The fraction of sp³-hybridized carbons (Fsp3) is 0.333. The van der Waals surface area contributed by atoms with Crippen LogP contribution in [0.25, 0.3) is 5.57 Å². The summed E-state index contributed by atoms with van der Waals surface area (Å²) in [5, 5.41) is 9.52. The Morgan fingerprint density at radius 1 is 1.37 bits per heavy atom. The first kappa shape index (κ1) is 20.5. The summed E-state index contributed by atoms with van der Waals surface area (Å²) in [5.41, 5.74) is 4.80. The van der Waals surface area contributed by atoms with Crippen molar-refractivity contribution in [3.05, 3.63) is 71.9 Å². The van der Waals surface area contributed by atoms with Crippen LogP contribution in [0.3, 0.4) is 0 Å². The molecule has 1 aliphatic carbocycles. The van der Waals surface area contributed by atoms with Gasteiger partial charge in [0.15, 0.2) is 0 Å². The molecule has 27 heavy (non-hydrogen) atoms. The Balaban J connectivity index is 2.59. The van der Waals surface area contributed by atoms with Gasteiger partial charge in [0.2, 0.25) is 5.91 Å². The molecule has 0 heterocycles. The summed E-state index contributed by atoms with van der Waals surface area (Å²) < 4.78 is 0. The van der Waals surface area contributed by atoms with Crippen molar-refractivity contribution in [3.63, 3.8) is 0 Å². The summed E-state index contributed by atoms with van der Waals surface area (Å²) >= 11 is 0. The first-order chi connectivity index (χ1) is 13.0. The van der Waals surface area contributed by atoms with Crippen LogP contribution in [0.15, 0.2) is 66.3 Å². The number of hydrogen-bond donors (Lipinski definition) is 0. The molecule has 1 aromatic rings. The van der Waals surface area contributed by atoms with E-state index in [1.807, 2.05) is 31.2 Å². The predicted octanol–water partition coefficient (Wildman–Crippen LogP) is 5.68. The van der Waals surface area contributed by atoms with Gasteiger partial charge in [0, 0.05) is 25.1 Å². The number of nitrogens with zero attached hydrogens (tertiary/aromatic N) is 2. The van der Waals surface area contributed by atoms with Crippen molar-refractivity contribution in [3.8, 4) is 6.07 Å². The van der Waals surface area contributed by atoms with Gasteiger partial charge in [-0.1, -0.05) is 50.8 Å². The van der Waals surface area contributed by atoms with Crippen molar-refractivity contribution in [2.24, 2.45) is 11.8 Å². The summed E-state index contributed by atoms with van der Waals surface area (Å²) in [6.45, 7) is 12.4. The van der Waals surface area contributed by atoms with E-state index in [4.69, 9.17) is 0 Å². The highest BCUT2D eigenvalue weighted by atomic mass is 16.2. The zero-order chi connectivity index (χ0) is 20.0. The minimum Gasteiger partial charge on any atom is -0.313 e. The molecule has 2 rings (SSSR count). The highest BCUT2D eigenvalue weighted by molar-refractivity contribution is 5.92. The second-order valence-corrected chi connectivity index (χ2v) is 6.76. The largest absolute Gasteiger partial charge is 0.313 e. The maximum Gasteiger partial charge on any atom is 0.223 e. The van der Waals surface area contributed by atoms with Gasteiger partial charge in [-0.2, -0.15) is 5.26 Å². The summed E-state index contributed by atoms with van der Waals surface area (Å²) in [4.78, 5) is 13.7. The number of amides is 1. The second-order valence-electron chi connectivity index (χ2n) is 6.76. The van der Waals surface area contributed by atoms with E-state index in [0.29, 0.717) is 12.1 Å². The quantitative estimate of drug-likeness (QED) is 0.655. The van der Waals surface area contributed by atoms with Gasteiger partial charge in [-0.05, 0) is 54.2 Å². The van der Waals surface area contributed by atoms with Gasteiger partial charge >= 0.3 is 0 Å². The van der Waals surface area contributed by atoms with E-state index in [1.165, 1.54) is 5.57 Å². The monoisotopic (exact) mass is 360 g/mol. The van der Waals surface area contributed by atoms with E-state index >= 15 is 0 Å². The number of rotatable bonds is 6. The number of carbonyl (C=O) groups excluding carboxylic acids is 1. The Hall–Kier alpha value is -2.86. The number of anilines is 1. The van der Waals surface area contributed by atoms with Crippen LogP contribution in [-0.4, -0.2) is 12.5 Å². The molecule has 3 heteroatoms. The minimum absolute atomic E-state index is 0.0306. The number of carbonyl (C=O) groups is 1. The highest BCUT2D eigenvalue weighted by Crippen LogP contribution is 2.41. The molecule has 2 atom stereocenters.